The molecule has 0 saturated heterocycles. The smallest absolute Gasteiger partial charge is 0.408 e. The molecule has 0 radical (unpaired) electrons. The van der Waals surface area contributed by atoms with Crippen molar-refractivity contribution in [2.75, 3.05) is 6.54 Å². The van der Waals surface area contributed by atoms with Crippen LogP contribution in [0.2, 0.25) is 0 Å². The summed E-state index contributed by atoms with van der Waals surface area (Å²) in [5.41, 5.74) is 5.88. The number of benzene rings is 1. The zero-order chi connectivity index (χ0) is 30.3. The van der Waals surface area contributed by atoms with Crippen LogP contribution in [0.15, 0.2) is 30.3 Å². The highest BCUT2D eigenvalue weighted by molar-refractivity contribution is 5.90. The second kappa shape index (κ2) is 13.8. The third-order valence-corrected chi connectivity index (χ3v) is 8.87. The van der Waals surface area contributed by atoms with Crippen molar-refractivity contribution in [2.24, 2.45) is 28.9 Å². The lowest BCUT2D eigenvalue weighted by atomic mass is 9.48. The molecule has 0 aromatic heterocycles. The molecular weight excluding hydrogens is 536 g/mol. The first kappa shape index (κ1) is 31.6. The number of unbranched alkanes of at least 4 members (excludes halogenated alkanes) is 1. The molecule has 0 heterocycles. The lowest BCUT2D eigenvalue weighted by Crippen LogP contribution is -2.56. The summed E-state index contributed by atoms with van der Waals surface area (Å²) in [5.74, 6) is 1.05. The van der Waals surface area contributed by atoms with E-state index in [4.69, 9.17) is 15.2 Å². The maximum Gasteiger partial charge on any atom is 0.408 e. The van der Waals surface area contributed by atoms with Crippen LogP contribution in [0.4, 0.5) is 9.59 Å². The normalized spacial score (nSPS) is 25.6. The van der Waals surface area contributed by atoms with E-state index >= 15 is 0 Å². The Bertz CT molecular complexity index is 1070. The van der Waals surface area contributed by atoms with Crippen molar-refractivity contribution in [3.63, 3.8) is 0 Å². The van der Waals surface area contributed by atoms with Gasteiger partial charge in [0.1, 0.15) is 24.3 Å². The molecular formula is C32H48N4O6. The molecule has 4 bridgehead atoms. The van der Waals surface area contributed by atoms with Gasteiger partial charge in [-0.1, -0.05) is 30.3 Å². The standard InChI is InChI=1S/C32H48N4O6/c1-31(2,3)42-30(40)36-26(19-32-16-22-13-23(17-32)15-24(14-22)18-32)28(38)35-25(27(33)37)11-7-8-12-34-29(39)41-20-21-9-5-4-6-10-21/h4-6,9-10,22-26H,7-8,11-20H2,1-3H3,(H2,33,37)(H,34,39)(H,35,38)(H,36,40)/t22?,23?,24?,25-,26-,32?/m0/s1. The molecule has 4 aliphatic carbocycles. The van der Waals surface area contributed by atoms with Gasteiger partial charge >= 0.3 is 12.2 Å². The number of carbonyl (C=O) groups is 4. The van der Waals surface area contributed by atoms with Gasteiger partial charge in [-0.15, -0.1) is 0 Å². The fourth-order valence-electron chi connectivity index (χ4n) is 7.63. The van der Waals surface area contributed by atoms with Crippen LogP contribution in [-0.4, -0.2) is 48.2 Å². The van der Waals surface area contributed by atoms with Crippen LogP contribution in [0.3, 0.4) is 0 Å². The molecule has 5 N–H and O–H groups in total. The Hall–Kier alpha value is -3.30. The van der Waals surface area contributed by atoms with Gasteiger partial charge in [-0.05, 0) is 114 Å². The molecule has 2 atom stereocenters. The van der Waals surface area contributed by atoms with Crippen molar-refractivity contribution in [2.45, 2.75) is 109 Å². The zero-order valence-corrected chi connectivity index (χ0v) is 25.3. The van der Waals surface area contributed by atoms with Gasteiger partial charge in [-0.2, -0.15) is 0 Å². The molecule has 1 aromatic carbocycles. The van der Waals surface area contributed by atoms with Crippen molar-refractivity contribution < 1.29 is 28.7 Å². The minimum absolute atomic E-state index is 0.0226. The monoisotopic (exact) mass is 584 g/mol. The van der Waals surface area contributed by atoms with Crippen LogP contribution in [0.1, 0.15) is 90.5 Å². The molecule has 10 heteroatoms. The Morgan fingerprint density at radius 3 is 2.10 bits per heavy atom. The lowest BCUT2D eigenvalue weighted by molar-refractivity contribution is -0.130. The average Bonchev–Trinajstić information content (AvgIpc) is 2.89. The summed E-state index contributed by atoms with van der Waals surface area (Å²) in [6.45, 7) is 5.89. The van der Waals surface area contributed by atoms with Crippen molar-refractivity contribution in [1.82, 2.24) is 16.0 Å². The van der Waals surface area contributed by atoms with Crippen LogP contribution in [-0.2, 0) is 25.7 Å². The van der Waals surface area contributed by atoms with Crippen molar-refractivity contribution in [1.29, 1.82) is 0 Å². The van der Waals surface area contributed by atoms with E-state index in [9.17, 15) is 19.2 Å². The van der Waals surface area contributed by atoms with Gasteiger partial charge < -0.3 is 31.2 Å². The van der Waals surface area contributed by atoms with Gasteiger partial charge in [0, 0.05) is 6.54 Å². The van der Waals surface area contributed by atoms with Crippen LogP contribution in [0, 0.1) is 23.2 Å². The van der Waals surface area contributed by atoms with Crippen molar-refractivity contribution in [3.8, 4) is 0 Å². The Balaban J connectivity index is 1.28. The number of amides is 4. The second-order valence-electron chi connectivity index (χ2n) is 13.8. The molecule has 5 rings (SSSR count). The van der Waals surface area contributed by atoms with E-state index in [1.54, 1.807) is 20.8 Å². The molecule has 0 aliphatic heterocycles. The minimum atomic E-state index is -0.887. The molecule has 4 fully saturated rings. The quantitative estimate of drug-likeness (QED) is 0.250. The predicted molar refractivity (Wildman–Crippen MR) is 158 cm³/mol. The molecule has 4 saturated carbocycles. The lowest BCUT2D eigenvalue weighted by Gasteiger charge is -2.57. The first-order valence-corrected chi connectivity index (χ1v) is 15.4. The highest BCUT2D eigenvalue weighted by atomic mass is 16.6. The first-order chi connectivity index (χ1) is 19.9. The first-order valence-electron chi connectivity index (χ1n) is 15.4. The Morgan fingerprint density at radius 1 is 0.905 bits per heavy atom. The van der Waals surface area contributed by atoms with E-state index in [-0.39, 0.29) is 12.0 Å². The van der Waals surface area contributed by atoms with Crippen LogP contribution in [0.5, 0.6) is 0 Å². The van der Waals surface area contributed by atoms with E-state index in [2.05, 4.69) is 16.0 Å². The number of carbonyl (C=O) groups excluding carboxylic acids is 4. The number of ether oxygens (including phenoxy) is 2. The molecule has 0 spiro atoms. The Morgan fingerprint density at radius 2 is 1.52 bits per heavy atom. The number of hydrogen-bond donors (Lipinski definition) is 4. The van der Waals surface area contributed by atoms with Gasteiger partial charge in [0.05, 0.1) is 0 Å². The maximum atomic E-state index is 13.6. The summed E-state index contributed by atoms with van der Waals surface area (Å²) in [4.78, 5) is 50.6. The van der Waals surface area contributed by atoms with Crippen molar-refractivity contribution in [3.05, 3.63) is 35.9 Å². The third-order valence-electron chi connectivity index (χ3n) is 8.87. The molecule has 1 aromatic rings. The Kier molecular flexibility index (Phi) is 10.4. The molecule has 4 amide bonds. The number of alkyl carbamates (subject to hydrolysis) is 2. The summed E-state index contributed by atoms with van der Waals surface area (Å²) in [6, 6.07) is 7.70. The number of nitrogens with one attached hydrogen (secondary N) is 3. The van der Waals surface area contributed by atoms with E-state index in [1.807, 2.05) is 30.3 Å². The topological polar surface area (TPSA) is 149 Å². The van der Waals surface area contributed by atoms with Gasteiger partial charge in [0.25, 0.3) is 0 Å². The SMILES string of the molecule is CC(C)(C)OC(=O)N[C@@H](CC12CC3CC(CC(C3)C1)C2)C(=O)N[C@@H](CCCCNC(=O)OCc1ccccc1)C(N)=O. The van der Waals surface area contributed by atoms with Gasteiger partial charge in [-0.25, -0.2) is 9.59 Å². The van der Waals surface area contributed by atoms with Gasteiger partial charge in [0.15, 0.2) is 0 Å². The van der Waals surface area contributed by atoms with Crippen LogP contribution in [0.25, 0.3) is 0 Å². The summed E-state index contributed by atoms with van der Waals surface area (Å²) in [7, 11) is 0. The number of hydrogen-bond acceptors (Lipinski definition) is 6. The van der Waals surface area contributed by atoms with Gasteiger partial charge in [0.2, 0.25) is 11.8 Å². The summed E-state index contributed by atoms with van der Waals surface area (Å²) in [6.07, 6.45) is 7.89. The number of nitrogens with two attached hydrogens (primary N) is 1. The number of rotatable bonds is 13. The largest absolute Gasteiger partial charge is 0.445 e. The van der Waals surface area contributed by atoms with Crippen LogP contribution >= 0.6 is 0 Å². The fraction of sp³-hybridized carbons (Fsp3) is 0.688. The third kappa shape index (κ3) is 9.36. The molecule has 232 valence electrons. The molecule has 0 unspecified atom stereocenters. The predicted octanol–water partition coefficient (Wildman–Crippen LogP) is 4.55. The summed E-state index contributed by atoms with van der Waals surface area (Å²) < 4.78 is 10.7. The van der Waals surface area contributed by atoms with E-state index < -0.39 is 41.7 Å². The second-order valence-corrected chi connectivity index (χ2v) is 13.8. The minimum Gasteiger partial charge on any atom is -0.445 e. The molecule has 42 heavy (non-hydrogen) atoms. The molecule has 4 aliphatic rings. The van der Waals surface area contributed by atoms with E-state index in [1.165, 1.54) is 19.3 Å². The molecule has 10 nitrogen and oxygen atoms in total. The van der Waals surface area contributed by atoms with Crippen molar-refractivity contribution >= 4 is 24.0 Å². The summed E-state index contributed by atoms with van der Waals surface area (Å²) in [5, 5.41) is 8.33. The van der Waals surface area contributed by atoms with E-state index in [0.29, 0.717) is 50.0 Å². The highest BCUT2D eigenvalue weighted by Crippen LogP contribution is 2.61. The highest BCUT2D eigenvalue weighted by Gasteiger charge is 2.52. The Labute approximate surface area is 249 Å². The van der Waals surface area contributed by atoms with Gasteiger partial charge in [-0.3, -0.25) is 9.59 Å². The summed E-state index contributed by atoms with van der Waals surface area (Å²) >= 11 is 0. The number of primary amides is 1. The van der Waals surface area contributed by atoms with E-state index in [0.717, 1.165) is 24.8 Å². The zero-order valence-electron chi connectivity index (χ0n) is 25.3. The van der Waals surface area contributed by atoms with Crippen LogP contribution < -0.4 is 21.7 Å². The fourth-order valence-corrected chi connectivity index (χ4v) is 7.63. The average molecular weight is 585 g/mol. The maximum absolute atomic E-state index is 13.6.